The number of benzene rings is 1. The quantitative estimate of drug-likeness (QED) is 0.868. The van der Waals surface area contributed by atoms with Gasteiger partial charge in [0.05, 0.1) is 6.42 Å². The fourth-order valence-electron chi connectivity index (χ4n) is 2.54. The second kappa shape index (κ2) is 6.17. The SMILES string of the molecule is Cc1cccc(CC(=O)N2CCN(C)C(CN)C2)c1. The number of piperazine rings is 1. The van der Waals surface area contributed by atoms with Crippen LogP contribution in [-0.4, -0.2) is 55.0 Å². The summed E-state index contributed by atoms with van der Waals surface area (Å²) >= 11 is 0. The summed E-state index contributed by atoms with van der Waals surface area (Å²) in [5, 5.41) is 0. The summed E-state index contributed by atoms with van der Waals surface area (Å²) in [6.45, 7) is 5.11. The number of likely N-dealkylation sites (N-methyl/N-ethyl adjacent to an activating group) is 1. The molecular formula is C15H23N3O. The summed E-state index contributed by atoms with van der Waals surface area (Å²) in [6, 6.07) is 8.43. The Labute approximate surface area is 115 Å². The van der Waals surface area contributed by atoms with Gasteiger partial charge in [0.2, 0.25) is 5.91 Å². The molecular weight excluding hydrogens is 238 g/mol. The fraction of sp³-hybridized carbons (Fsp3) is 0.533. The highest BCUT2D eigenvalue weighted by molar-refractivity contribution is 5.79. The molecule has 1 heterocycles. The van der Waals surface area contributed by atoms with E-state index in [9.17, 15) is 4.79 Å². The number of hydrogen-bond donors (Lipinski definition) is 1. The summed E-state index contributed by atoms with van der Waals surface area (Å²) in [7, 11) is 2.07. The smallest absolute Gasteiger partial charge is 0.227 e. The largest absolute Gasteiger partial charge is 0.340 e. The Hall–Kier alpha value is -1.39. The molecule has 0 spiro atoms. The van der Waals surface area contributed by atoms with E-state index >= 15 is 0 Å². The van der Waals surface area contributed by atoms with E-state index < -0.39 is 0 Å². The predicted molar refractivity (Wildman–Crippen MR) is 76.9 cm³/mol. The van der Waals surface area contributed by atoms with Gasteiger partial charge in [0.15, 0.2) is 0 Å². The Morgan fingerprint density at radius 2 is 2.21 bits per heavy atom. The highest BCUT2D eigenvalue weighted by Gasteiger charge is 2.26. The molecule has 4 nitrogen and oxygen atoms in total. The first-order valence-corrected chi connectivity index (χ1v) is 6.84. The minimum absolute atomic E-state index is 0.206. The third-order valence-electron chi connectivity index (χ3n) is 3.84. The van der Waals surface area contributed by atoms with Crippen LogP contribution in [0.5, 0.6) is 0 Å². The van der Waals surface area contributed by atoms with Crippen molar-refractivity contribution in [3.05, 3.63) is 35.4 Å². The first-order chi connectivity index (χ1) is 9.10. The first kappa shape index (κ1) is 14.0. The number of rotatable bonds is 3. The molecule has 1 aromatic carbocycles. The summed E-state index contributed by atoms with van der Waals surface area (Å²) in [4.78, 5) is 16.5. The lowest BCUT2D eigenvalue weighted by molar-refractivity contribution is -0.133. The van der Waals surface area contributed by atoms with Gasteiger partial charge in [0, 0.05) is 32.2 Å². The van der Waals surface area contributed by atoms with E-state index in [0.717, 1.165) is 25.2 Å². The lowest BCUT2D eigenvalue weighted by Gasteiger charge is -2.39. The number of hydrogen-bond acceptors (Lipinski definition) is 3. The molecule has 1 amide bonds. The summed E-state index contributed by atoms with van der Waals surface area (Å²) in [5.41, 5.74) is 8.04. The van der Waals surface area contributed by atoms with Crippen molar-refractivity contribution >= 4 is 5.91 Å². The van der Waals surface area contributed by atoms with Crippen molar-refractivity contribution < 1.29 is 4.79 Å². The van der Waals surface area contributed by atoms with E-state index in [-0.39, 0.29) is 11.9 Å². The van der Waals surface area contributed by atoms with Gasteiger partial charge in [-0.1, -0.05) is 29.8 Å². The van der Waals surface area contributed by atoms with Crippen LogP contribution in [0.25, 0.3) is 0 Å². The zero-order valence-electron chi connectivity index (χ0n) is 11.8. The van der Waals surface area contributed by atoms with Gasteiger partial charge in [0.1, 0.15) is 0 Å². The van der Waals surface area contributed by atoms with Crippen LogP contribution in [0.15, 0.2) is 24.3 Å². The van der Waals surface area contributed by atoms with Crippen molar-refractivity contribution in [1.29, 1.82) is 0 Å². The lowest BCUT2D eigenvalue weighted by atomic mass is 10.1. The molecule has 19 heavy (non-hydrogen) atoms. The minimum atomic E-state index is 0.206. The molecule has 1 unspecified atom stereocenters. The third kappa shape index (κ3) is 3.55. The highest BCUT2D eigenvalue weighted by atomic mass is 16.2. The number of carbonyl (C=O) groups excluding carboxylic acids is 1. The van der Waals surface area contributed by atoms with Gasteiger partial charge in [-0.25, -0.2) is 0 Å². The maximum absolute atomic E-state index is 12.3. The molecule has 1 atom stereocenters. The number of aryl methyl sites for hydroxylation is 1. The molecule has 2 N–H and O–H groups in total. The first-order valence-electron chi connectivity index (χ1n) is 6.84. The maximum atomic E-state index is 12.3. The van der Waals surface area contributed by atoms with Gasteiger partial charge in [-0.05, 0) is 19.5 Å². The second-order valence-corrected chi connectivity index (χ2v) is 5.38. The molecule has 4 heteroatoms. The molecule has 2 rings (SSSR count). The van der Waals surface area contributed by atoms with Crippen LogP contribution in [0.2, 0.25) is 0 Å². The average molecular weight is 261 g/mol. The molecule has 1 aliphatic rings. The van der Waals surface area contributed by atoms with Crippen LogP contribution < -0.4 is 5.73 Å². The van der Waals surface area contributed by atoms with Crippen molar-refractivity contribution in [2.24, 2.45) is 5.73 Å². The van der Waals surface area contributed by atoms with Gasteiger partial charge < -0.3 is 10.6 Å². The molecule has 1 saturated heterocycles. The highest BCUT2D eigenvalue weighted by Crippen LogP contribution is 2.11. The van der Waals surface area contributed by atoms with Crippen molar-refractivity contribution in [2.45, 2.75) is 19.4 Å². The zero-order chi connectivity index (χ0) is 13.8. The van der Waals surface area contributed by atoms with E-state index in [2.05, 4.69) is 18.0 Å². The van der Waals surface area contributed by atoms with Gasteiger partial charge in [0.25, 0.3) is 0 Å². The van der Waals surface area contributed by atoms with Crippen LogP contribution in [0.4, 0.5) is 0 Å². The molecule has 104 valence electrons. The number of nitrogens with zero attached hydrogens (tertiary/aromatic N) is 2. The second-order valence-electron chi connectivity index (χ2n) is 5.38. The molecule has 0 saturated carbocycles. The monoisotopic (exact) mass is 261 g/mol. The van der Waals surface area contributed by atoms with Gasteiger partial charge >= 0.3 is 0 Å². The average Bonchev–Trinajstić information content (AvgIpc) is 2.39. The van der Waals surface area contributed by atoms with Crippen molar-refractivity contribution in [2.75, 3.05) is 33.2 Å². The lowest BCUT2D eigenvalue weighted by Crippen LogP contribution is -2.56. The summed E-state index contributed by atoms with van der Waals surface area (Å²) in [5.74, 6) is 0.206. The number of amides is 1. The van der Waals surface area contributed by atoms with Crippen LogP contribution >= 0.6 is 0 Å². The Kier molecular flexibility index (Phi) is 4.56. The van der Waals surface area contributed by atoms with E-state index in [4.69, 9.17) is 5.73 Å². The standard InChI is InChI=1S/C15H23N3O/c1-12-4-3-5-13(8-12)9-15(19)18-7-6-17(2)14(10-16)11-18/h3-5,8,14H,6-7,9-11,16H2,1-2H3. The van der Waals surface area contributed by atoms with Crippen LogP contribution in [-0.2, 0) is 11.2 Å². The van der Waals surface area contributed by atoms with E-state index in [1.54, 1.807) is 0 Å². The Morgan fingerprint density at radius 1 is 1.42 bits per heavy atom. The van der Waals surface area contributed by atoms with Crippen molar-refractivity contribution in [3.63, 3.8) is 0 Å². The summed E-state index contributed by atoms with van der Waals surface area (Å²) < 4.78 is 0. The molecule has 0 aromatic heterocycles. The van der Waals surface area contributed by atoms with Gasteiger partial charge in [-0.15, -0.1) is 0 Å². The van der Waals surface area contributed by atoms with Crippen LogP contribution in [0.1, 0.15) is 11.1 Å². The molecule has 1 fully saturated rings. The van der Waals surface area contributed by atoms with Gasteiger partial charge in [-0.3, -0.25) is 9.69 Å². The Bertz CT molecular complexity index is 447. The third-order valence-corrected chi connectivity index (χ3v) is 3.84. The normalized spacial score (nSPS) is 20.6. The molecule has 1 aromatic rings. The molecule has 0 aliphatic carbocycles. The van der Waals surface area contributed by atoms with E-state index in [0.29, 0.717) is 13.0 Å². The topological polar surface area (TPSA) is 49.6 Å². The van der Waals surface area contributed by atoms with Crippen LogP contribution in [0.3, 0.4) is 0 Å². The molecule has 0 radical (unpaired) electrons. The number of nitrogens with two attached hydrogens (primary N) is 1. The Morgan fingerprint density at radius 3 is 2.89 bits per heavy atom. The Balaban J connectivity index is 1.97. The van der Waals surface area contributed by atoms with E-state index in [1.807, 2.05) is 30.0 Å². The minimum Gasteiger partial charge on any atom is -0.340 e. The zero-order valence-corrected chi connectivity index (χ0v) is 11.8. The number of carbonyl (C=O) groups is 1. The fourth-order valence-corrected chi connectivity index (χ4v) is 2.54. The predicted octanol–water partition coefficient (Wildman–Crippen LogP) is 0.639. The van der Waals surface area contributed by atoms with Crippen LogP contribution in [0, 0.1) is 6.92 Å². The van der Waals surface area contributed by atoms with E-state index in [1.165, 1.54) is 5.56 Å². The summed E-state index contributed by atoms with van der Waals surface area (Å²) in [6.07, 6.45) is 0.489. The van der Waals surface area contributed by atoms with Gasteiger partial charge in [-0.2, -0.15) is 0 Å². The maximum Gasteiger partial charge on any atom is 0.227 e. The van der Waals surface area contributed by atoms with Crippen molar-refractivity contribution in [3.8, 4) is 0 Å². The van der Waals surface area contributed by atoms with Crippen molar-refractivity contribution in [1.82, 2.24) is 9.80 Å². The molecule has 0 bridgehead atoms. The molecule has 1 aliphatic heterocycles.